The number of alkyl halides is 12. The molecular weight excluding hydrogens is 991 g/mol. The summed E-state index contributed by atoms with van der Waals surface area (Å²) in [4.78, 5) is 23.7. The summed E-state index contributed by atoms with van der Waals surface area (Å²) in [5.41, 5.74) is -4.94. The average molecular weight is 1040 g/mol. The van der Waals surface area contributed by atoms with Crippen LogP contribution in [0.4, 0.5) is 61.5 Å². The van der Waals surface area contributed by atoms with Crippen molar-refractivity contribution in [1.29, 1.82) is 0 Å². The molecule has 8 nitrogen and oxygen atoms in total. The van der Waals surface area contributed by atoms with E-state index < -0.39 is 131 Å². The maximum atomic E-state index is 13.6. The Morgan fingerprint density at radius 3 is 1.03 bits per heavy atom. The van der Waals surface area contributed by atoms with Crippen LogP contribution in [0.15, 0.2) is 84.9 Å². The van der Waals surface area contributed by atoms with Gasteiger partial charge in [-0.3, -0.25) is 9.59 Å². The minimum Gasteiger partial charge on any atom is -0.383 e. The van der Waals surface area contributed by atoms with E-state index in [0.717, 1.165) is 0 Å². The fourth-order valence-corrected chi connectivity index (χ4v) is 10.5. The van der Waals surface area contributed by atoms with E-state index in [2.05, 4.69) is 10.6 Å². The fourth-order valence-electron chi connectivity index (χ4n) is 10.5. The van der Waals surface area contributed by atoms with Crippen molar-refractivity contribution in [3.63, 3.8) is 0 Å². The van der Waals surface area contributed by atoms with E-state index in [1.165, 1.54) is 38.1 Å². The average Bonchev–Trinajstić information content (AvgIpc) is 4.08. The molecule has 8 rings (SSSR count). The highest BCUT2D eigenvalue weighted by molar-refractivity contribution is 5.83. The number of aliphatic hydroxyl groups is 2. The van der Waals surface area contributed by atoms with Gasteiger partial charge in [0.25, 0.3) is 0 Å². The van der Waals surface area contributed by atoms with Crippen LogP contribution in [0.2, 0.25) is 0 Å². The molecule has 12 atom stereocenters. The number of benzene rings is 4. The molecule has 2 amide bonds. The lowest BCUT2D eigenvalue weighted by atomic mass is 9.82. The molecule has 0 unspecified atom stereocenters. The first-order valence-electron chi connectivity index (χ1n) is 22.9. The zero-order valence-corrected chi connectivity index (χ0v) is 38.1. The van der Waals surface area contributed by atoms with Crippen LogP contribution in [0.5, 0.6) is 0 Å². The highest BCUT2D eigenvalue weighted by Crippen LogP contribution is 2.49. The Bertz CT molecular complexity index is 2310. The molecule has 22 heteroatoms. The third kappa shape index (κ3) is 12.5. The van der Waals surface area contributed by atoms with Gasteiger partial charge in [-0.1, -0.05) is 24.3 Å². The third-order valence-corrected chi connectivity index (χ3v) is 14.0. The molecule has 392 valence electrons. The van der Waals surface area contributed by atoms with Crippen LogP contribution in [-0.2, 0) is 43.8 Å². The van der Waals surface area contributed by atoms with Gasteiger partial charge in [-0.25, -0.2) is 8.78 Å². The summed E-state index contributed by atoms with van der Waals surface area (Å²) < 4.78 is 199. The molecule has 2 aliphatic carbocycles. The molecule has 2 saturated carbocycles. The first kappa shape index (κ1) is 54.5. The number of aliphatic hydroxyl groups excluding tert-OH is 2. The molecule has 0 radical (unpaired) electrons. The molecule has 0 spiro atoms. The number of hydrogen-bond acceptors (Lipinski definition) is 6. The second-order valence-corrected chi connectivity index (χ2v) is 18.7. The maximum Gasteiger partial charge on any atom is 0.416 e. The summed E-state index contributed by atoms with van der Waals surface area (Å²) in [5, 5.41) is 25.3. The van der Waals surface area contributed by atoms with Crippen molar-refractivity contribution >= 4 is 11.8 Å². The van der Waals surface area contributed by atoms with Gasteiger partial charge in [-0.05, 0) is 134 Å². The van der Waals surface area contributed by atoms with Crippen molar-refractivity contribution in [1.82, 2.24) is 10.6 Å². The van der Waals surface area contributed by atoms with Crippen LogP contribution in [-0.4, -0.2) is 58.5 Å². The largest absolute Gasteiger partial charge is 0.416 e. The van der Waals surface area contributed by atoms with E-state index >= 15 is 0 Å². The molecule has 4 N–H and O–H groups in total. The molecular formula is C50H48F14N2O6. The predicted molar refractivity (Wildman–Crippen MR) is 228 cm³/mol. The van der Waals surface area contributed by atoms with Crippen molar-refractivity contribution < 1.29 is 90.7 Å². The lowest BCUT2D eigenvalue weighted by Gasteiger charge is -2.31. The van der Waals surface area contributed by atoms with E-state index in [-0.39, 0.29) is 47.9 Å². The van der Waals surface area contributed by atoms with Crippen LogP contribution in [0.1, 0.15) is 121 Å². The van der Waals surface area contributed by atoms with Gasteiger partial charge in [0.2, 0.25) is 11.8 Å². The van der Waals surface area contributed by atoms with Crippen molar-refractivity contribution in [2.24, 2.45) is 11.8 Å². The zero-order valence-electron chi connectivity index (χ0n) is 38.1. The minimum absolute atomic E-state index is 0.0667. The summed E-state index contributed by atoms with van der Waals surface area (Å²) in [6.45, 7) is 2.76. The highest BCUT2D eigenvalue weighted by atomic mass is 19.4. The standard InChI is InChI=1S/2C25H24F7NO3/c2*1-12(14-8-15(24(27,28)29)10-16(9-14)25(30,31)32)36-21-7-6-18(19-11-20(34)23(35)33-19)22(21)13-2-4-17(26)5-3-13/h2*2-5,8-10,12,18-22,34H,6-7,11H2,1H3,(H,33,35)/t12-,18+,19+,20+,21+,22+;12-,18+,19+,20-,21+,22+/m11/s1. The minimum atomic E-state index is -4.98. The van der Waals surface area contributed by atoms with Gasteiger partial charge in [0.1, 0.15) is 23.8 Å². The summed E-state index contributed by atoms with van der Waals surface area (Å²) in [6.07, 6.45) is -23.6. The number of rotatable bonds is 10. The van der Waals surface area contributed by atoms with E-state index in [9.17, 15) is 81.3 Å². The van der Waals surface area contributed by atoms with Gasteiger partial charge in [0.15, 0.2) is 0 Å². The first-order chi connectivity index (χ1) is 33.5. The Kier molecular flexibility index (Phi) is 15.8. The SMILES string of the molecule is C[C@@H](O[C@H]1CC[C@@H]([C@@H]2C[C@@H](O)C(=O)N2)[C@@H]1c1ccc(F)cc1)c1cc(C(F)(F)F)cc(C(F)(F)F)c1.C[C@@H](O[C@H]1CC[C@@H]([C@@H]2C[C@H](O)C(=O)N2)[C@@H]1c1ccc(F)cc1)c1cc(C(F)(F)F)cc(C(F)(F)F)c1. The number of amides is 2. The van der Waals surface area contributed by atoms with E-state index in [1.807, 2.05) is 0 Å². The summed E-state index contributed by atoms with van der Waals surface area (Å²) in [5.74, 6) is -3.33. The lowest BCUT2D eigenvalue weighted by Crippen LogP contribution is -2.36. The summed E-state index contributed by atoms with van der Waals surface area (Å²) >= 11 is 0. The third-order valence-electron chi connectivity index (χ3n) is 14.0. The molecule has 4 aromatic carbocycles. The molecule has 4 aliphatic rings. The van der Waals surface area contributed by atoms with Crippen LogP contribution >= 0.6 is 0 Å². The quantitative estimate of drug-likeness (QED) is 0.118. The molecule has 2 saturated heterocycles. The van der Waals surface area contributed by atoms with Crippen molar-refractivity contribution in [3.05, 3.63) is 141 Å². The monoisotopic (exact) mass is 1040 g/mol. The van der Waals surface area contributed by atoms with E-state index in [4.69, 9.17) is 9.47 Å². The molecule has 2 aliphatic heterocycles. The maximum absolute atomic E-state index is 13.6. The topological polar surface area (TPSA) is 117 Å². The zero-order chi connectivity index (χ0) is 52.8. The van der Waals surface area contributed by atoms with Crippen molar-refractivity contribution in [3.8, 4) is 0 Å². The summed E-state index contributed by atoms with van der Waals surface area (Å²) in [6, 6.07) is 13.0. The number of nitrogens with one attached hydrogen (secondary N) is 2. The normalized spacial score (nSPS) is 27.8. The van der Waals surface area contributed by atoms with E-state index in [1.54, 1.807) is 24.3 Å². The van der Waals surface area contributed by atoms with Crippen LogP contribution in [0, 0.1) is 23.5 Å². The Balaban J connectivity index is 0.000000211. The Hall–Kier alpha value is -5.32. The number of ether oxygens (including phenoxy) is 2. The van der Waals surface area contributed by atoms with Crippen molar-refractivity contribution in [2.45, 2.75) is 138 Å². The van der Waals surface area contributed by atoms with Gasteiger partial charge in [-0.2, -0.15) is 52.7 Å². The number of hydrogen-bond donors (Lipinski definition) is 4. The van der Waals surface area contributed by atoms with Gasteiger partial charge in [0.05, 0.1) is 46.7 Å². The van der Waals surface area contributed by atoms with Gasteiger partial charge in [0, 0.05) is 36.8 Å². The smallest absolute Gasteiger partial charge is 0.383 e. The Labute approximate surface area is 403 Å². The fraction of sp³-hybridized carbons (Fsp3) is 0.480. The van der Waals surface area contributed by atoms with Crippen LogP contribution in [0.25, 0.3) is 0 Å². The first-order valence-corrected chi connectivity index (χ1v) is 22.9. The van der Waals surface area contributed by atoms with Gasteiger partial charge >= 0.3 is 24.7 Å². The van der Waals surface area contributed by atoms with E-state index in [0.29, 0.717) is 61.1 Å². The number of carbonyl (C=O) groups excluding carboxylic acids is 2. The second-order valence-electron chi connectivity index (χ2n) is 18.7. The number of halogens is 14. The van der Waals surface area contributed by atoms with Gasteiger partial charge < -0.3 is 30.3 Å². The molecule has 72 heavy (non-hydrogen) atoms. The number of carbonyl (C=O) groups is 2. The van der Waals surface area contributed by atoms with Gasteiger partial charge in [-0.15, -0.1) is 0 Å². The molecule has 4 aromatic rings. The van der Waals surface area contributed by atoms with Crippen LogP contribution < -0.4 is 10.6 Å². The Morgan fingerprint density at radius 2 is 0.778 bits per heavy atom. The lowest BCUT2D eigenvalue weighted by molar-refractivity contribution is -0.145. The molecule has 2 heterocycles. The molecule has 0 aromatic heterocycles. The Morgan fingerprint density at radius 1 is 0.486 bits per heavy atom. The summed E-state index contributed by atoms with van der Waals surface area (Å²) in [7, 11) is 0. The highest BCUT2D eigenvalue weighted by Gasteiger charge is 2.49. The molecule has 0 bridgehead atoms. The predicted octanol–water partition coefficient (Wildman–Crippen LogP) is 11.5. The van der Waals surface area contributed by atoms with Crippen LogP contribution in [0.3, 0.4) is 0 Å². The van der Waals surface area contributed by atoms with Crippen molar-refractivity contribution in [2.75, 3.05) is 0 Å². The molecule has 4 fully saturated rings. The second kappa shape index (κ2) is 20.9.